The highest BCUT2D eigenvalue weighted by molar-refractivity contribution is 6.30. The van der Waals surface area contributed by atoms with E-state index in [-0.39, 0.29) is 24.0 Å². The molecule has 2 unspecified atom stereocenters. The minimum Gasteiger partial charge on any atom is -0.350 e. The van der Waals surface area contributed by atoms with Crippen molar-refractivity contribution < 1.29 is 14.4 Å². The van der Waals surface area contributed by atoms with Crippen molar-refractivity contribution in [3.05, 3.63) is 70.2 Å². The molecule has 5 nitrogen and oxygen atoms in total. The van der Waals surface area contributed by atoms with Crippen LogP contribution in [-0.4, -0.2) is 17.6 Å². The van der Waals surface area contributed by atoms with Crippen molar-refractivity contribution in [3.8, 4) is 0 Å². The molecule has 6 heteroatoms. The van der Waals surface area contributed by atoms with Gasteiger partial charge >= 0.3 is 0 Å². The van der Waals surface area contributed by atoms with Crippen molar-refractivity contribution in [2.75, 3.05) is 0 Å². The van der Waals surface area contributed by atoms with Gasteiger partial charge < -0.3 is 10.6 Å². The Morgan fingerprint density at radius 1 is 1.19 bits per heavy atom. The van der Waals surface area contributed by atoms with E-state index in [0.717, 1.165) is 11.1 Å². The second-order valence-electron chi connectivity index (χ2n) is 6.39. The monoisotopic (exact) mass is 370 g/mol. The fraction of sp³-hybridized carbons (Fsp3) is 0.250. The number of Topliss-reactive ketones (excluding diaryl/α,β-unsaturated/α-hetero) is 1. The zero-order valence-corrected chi connectivity index (χ0v) is 15.0. The van der Waals surface area contributed by atoms with Crippen molar-refractivity contribution in [1.82, 2.24) is 10.6 Å². The maximum atomic E-state index is 12.5. The molecule has 2 N–H and O–H groups in total. The SMILES string of the molecule is CC(CC(=O)c1ccc(Cl)cc1)C(=O)NC1C(=O)NCc2ccccc21. The van der Waals surface area contributed by atoms with Crippen molar-refractivity contribution >= 4 is 29.2 Å². The van der Waals surface area contributed by atoms with Crippen molar-refractivity contribution in [1.29, 1.82) is 0 Å². The van der Waals surface area contributed by atoms with Gasteiger partial charge in [0, 0.05) is 29.5 Å². The van der Waals surface area contributed by atoms with Crippen LogP contribution in [0, 0.1) is 5.92 Å². The van der Waals surface area contributed by atoms with Crippen LogP contribution in [0.1, 0.15) is 40.9 Å². The summed E-state index contributed by atoms with van der Waals surface area (Å²) >= 11 is 5.82. The quantitative estimate of drug-likeness (QED) is 0.794. The third-order valence-electron chi connectivity index (χ3n) is 4.47. The average molecular weight is 371 g/mol. The van der Waals surface area contributed by atoms with E-state index < -0.39 is 12.0 Å². The molecule has 0 fully saturated rings. The Kier molecular flexibility index (Phi) is 5.38. The van der Waals surface area contributed by atoms with E-state index in [2.05, 4.69) is 10.6 Å². The first kappa shape index (κ1) is 18.1. The Hall–Kier alpha value is -2.66. The molecule has 2 amide bonds. The molecule has 26 heavy (non-hydrogen) atoms. The van der Waals surface area contributed by atoms with Crippen LogP contribution >= 0.6 is 11.6 Å². The zero-order valence-electron chi connectivity index (χ0n) is 14.3. The van der Waals surface area contributed by atoms with Crippen LogP contribution in [-0.2, 0) is 16.1 Å². The van der Waals surface area contributed by atoms with Crippen molar-refractivity contribution in [3.63, 3.8) is 0 Å². The maximum Gasteiger partial charge on any atom is 0.247 e. The summed E-state index contributed by atoms with van der Waals surface area (Å²) in [6.07, 6.45) is 0.0590. The van der Waals surface area contributed by atoms with Gasteiger partial charge in [0.15, 0.2) is 5.78 Å². The van der Waals surface area contributed by atoms with Crippen molar-refractivity contribution in [2.24, 2.45) is 5.92 Å². The van der Waals surface area contributed by atoms with E-state index in [9.17, 15) is 14.4 Å². The number of nitrogens with one attached hydrogen (secondary N) is 2. The maximum absolute atomic E-state index is 12.5. The third-order valence-corrected chi connectivity index (χ3v) is 4.73. The minimum absolute atomic E-state index is 0.0590. The number of ketones is 1. The molecule has 1 aliphatic rings. The molecule has 0 saturated heterocycles. The number of hydrogen-bond donors (Lipinski definition) is 2. The molecule has 0 radical (unpaired) electrons. The Labute approximate surface area is 156 Å². The molecule has 0 saturated carbocycles. The van der Waals surface area contributed by atoms with Crippen LogP contribution in [0.5, 0.6) is 0 Å². The standard InChI is InChI=1S/C20H19ClN2O3/c1-12(10-17(24)13-6-8-15(21)9-7-13)19(25)23-18-16-5-3-2-4-14(16)11-22-20(18)26/h2-9,12,18H,10-11H2,1H3,(H,22,26)(H,23,25). The van der Waals surface area contributed by atoms with Crippen LogP contribution in [0.2, 0.25) is 5.02 Å². The Morgan fingerprint density at radius 2 is 1.88 bits per heavy atom. The van der Waals surface area contributed by atoms with Gasteiger partial charge in [0.2, 0.25) is 11.8 Å². The number of amides is 2. The summed E-state index contributed by atoms with van der Waals surface area (Å²) in [6.45, 7) is 2.13. The van der Waals surface area contributed by atoms with E-state index in [4.69, 9.17) is 11.6 Å². The highest BCUT2D eigenvalue weighted by Crippen LogP contribution is 2.23. The van der Waals surface area contributed by atoms with E-state index in [0.29, 0.717) is 17.1 Å². The van der Waals surface area contributed by atoms with Gasteiger partial charge in [-0.1, -0.05) is 42.8 Å². The summed E-state index contributed by atoms with van der Waals surface area (Å²) in [5.41, 5.74) is 2.28. The Balaban J connectivity index is 1.67. The topological polar surface area (TPSA) is 75.3 Å². The summed E-state index contributed by atoms with van der Waals surface area (Å²) in [4.78, 5) is 37.0. The summed E-state index contributed by atoms with van der Waals surface area (Å²) in [7, 11) is 0. The molecule has 0 aromatic heterocycles. The van der Waals surface area contributed by atoms with Gasteiger partial charge in [0.1, 0.15) is 6.04 Å². The Bertz CT molecular complexity index is 848. The number of hydrogen-bond acceptors (Lipinski definition) is 3. The van der Waals surface area contributed by atoms with Gasteiger partial charge in [-0.3, -0.25) is 14.4 Å². The molecule has 3 rings (SSSR count). The van der Waals surface area contributed by atoms with E-state index >= 15 is 0 Å². The first-order valence-corrected chi connectivity index (χ1v) is 8.78. The predicted molar refractivity (Wildman–Crippen MR) is 98.7 cm³/mol. The average Bonchev–Trinajstić information content (AvgIpc) is 2.64. The molecule has 0 aliphatic carbocycles. The van der Waals surface area contributed by atoms with Crippen LogP contribution in [0.25, 0.3) is 0 Å². The van der Waals surface area contributed by atoms with Gasteiger partial charge in [-0.2, -0.15) is 0 Å². The molecular formula is C20H19ClN2O3. The van der Waals surface area contributed by atoms with Crippen LogP contribution < -0.4 is 10.6 Å². The highest BCUT2D eigenvalue weighted by Gasteiger charge is 2.30. The van der Waals surface area contributed by atoms with Gasteiger partial charge in [-0.15, -0.1) is 0 Å². The molecule has 0 spiro atoms. The first-order valence-electron chi connectivity index (χ1n) is 8.40. The van der Waals surface area contributed by atoms with Gasteiger partial charge in [-0.05, 0) is 35.4 Å². The number of benzene rings is 2. The molecule has 134 valence electrons. The molecule has 2 atom stereocenters. The second kappa shape index (κ2) is 7.70. The lowest BCUT2D eigenvalue weighted by Gasteiger charge is -2.27. The smallest absolute Gasteiger partial charge is 0.247 e. The van der Waals surface area contributed by atoms with Crippen LogP contribution in [0.4, 0.5) is 0 Å². The van der Waals surface area contributed by atoms with E-state index in [1.54, 1.807) is 31.2 Å². The first-order chi connectivity index (χ1) is 12.5. The summed E-state index contributed by atoms with van der Waals surface area (Å²) in [5.74, 6) is -1.27. The fourth-order valence-electron chi connectivity index (χ4n) is 2.95. The number of halogens is 1. The molecule has 2 aromatic rings. The van der Waals surface area contributed by atoms with Gasteiger partial charge in [-0.25, -0.2) is 0 Å². The molecular weight excluding hydrogens is 352 g/mol. The summed E-state index contributed by atoms with van der Waals surface area (Å²) < 4.78 is 0. The van der Waals surface area contributed by atoms with Gasteiger partial charge in [0.25, 0.3) is 0 Å². The Morgan fingerprint density at radius 3 is 2.62 bits per heavy atom. The largest absolute Gasteiger partial charge is 0.350 e. The molecule has 0 bridgehead atoms. The van der Waals surface area contributed by atoms with E-state index in [1.165, 1.54) is 0 Å². The van der Waals surface area contributed by atoms with E-state index in [1.807, 2.05) is 24.3 Å². The number of carbonyl (C=O) groups excluding carboxylic acids is 3. The predicted octanol–water partition coefficient (Wildman–Crippen LogP) is 3.04. The molecule has 1 heterocycles. The lowest BCUT2D eigenvalue weighted by Crippen LogP contribution is -2.45. The summed E-state index contributed by atoms with van der Waals surface area (Å²) in [5, 5.41) is 6.09. The van der Waals surface area contributed by atoms with Gasteiger partial charge in [0.05, 0.1) is 0 Å². The summed E-state index contributed by atoms with van der Waals surface area (Å²) in [6, 6.07) is 13.3. The molecule has 1 aliphatic heterocycles. The molecule has 2 aromatic carbocycles. The van der Waals surface area contributed by atoms with Crippen molar-refractivity contribution in [2.45, 2.75) is 25.9 Å². The normalized spacial score (nSPS) is 17.0. The van der Waals surface area contributed by atoms with Crippen LogP contribution in [0.15, 0.2) is 48.5 Å². The second-order valence-corrected chi connectivity index (χ2v) is 6.83. The number of rotatable bonds is 5. The lowest BCUT2D eigenvalue weighted by molar-refractivity contribution is -0.131. The number of carbonyl (C=O) groups is 3. The minimum atomic E-state index is -0.736. The zero-order chi connectivity index (χ0) is 18.7. The lowest BCUT2D eigenvalue weighted by atomic mass is 9.94. The third kappa shape index (κ3) is 3.94. The highest BCUT2D eigenvalue weighted by atomic mass is 35.5. The fourth-order valence-corrected chi connectivity index (χ4v) is 3.08. The number of fused-ring (bicyclic) bond motifs is 1. The van der Waals surface area contributed by atoms with Crippen LogP contribution in [0.3, 0.4) is 0 Å².